The fraction of sp³-hybridized carbons (Fsp3) is 0.607. The number of carbonyl (C=O) groups is 1. The lowest BCUT2D eigenvalue weighted by Gasteiger charge is -2.62. The molecule has 5 rings (SSSR count). The minimum absolute atomic E-state index is 0.227. The predicted molar refractivity (Wildman–Crippen MR) is 139 cm³/mol. The van der Waals surface area contributed by atoms with Crippen LogP contribution in [0.3, 0.4) is 0 Å². The topological polar surface area (TPSA) is 153 Å². The number of rotatable bonds is 5. The first-order valence-electron chi connectivity index (χ1n) is 13.0. The molecule has 0 bridgehead atoms. The molecule has 0 radical (unpaired) electrons. The molecule has 1 heterocycles. The van der Waals surface area contributed by atoms with Crippen LogP contribution in [0, 0.1) is 17.3 Å². The van der Waals surface area contributed by atoms with E-state index in [4.69, 9.17) is 29.4 Å². The molecule has 4 aliphatic rings. The number of likely N-dealkylation sites (N-methyl/N-ethyl adjacent to an activating group) is 1. The third-order valence-electron chi connectivity index (χ3n) is 9.44. The van der Waals surface area contributed by atoms with E-state index >= 15 is 0 Å². The summed E-state index contributed by atoms with van der Waals surface area (Å²) in [6.45, 7) is 4.07. The van der Waals surface area contributed by atoms with Gasteiger partial charge in [0.2, 0.25) is 11.6 Å². The van der Waals surface area contributed by atoms with Crippen molar-refractivity contribution in [2.45, 2.75) is 43.5 Å². The van der Waals surface area contributed by atoms with Crippen LogP contribution in [0.5, 0.6) is 5.75 Å². The Morgan fingerprint density at radius 3 is 2.26 bits per heavy atom. The lowest BCUT2D eigenvalue weighted by atomic mass is 9.49. The third-order valence-corrected chi connectivity index (χ3v) is 9.44. The normalized spacial score (nSPS) is 34.6. The van der Waals surface area contributed by atoms with E-state index in [9.17, 15) is 20.1 Å². The molecule has 1 amide bonds. The second-order valence-electron chi connectivity index (χ2n) is 11.1. The summed E-state index contributed by atoms with van der Waals surface area (Å²) in [6, 6.07) is 4.67. The van der Waals surface area contributed by atoms with Crippen molar-refractivity contribution < 1.29 is 43.8 Å². The maximum Gasteiger partial charge on any atom is 0.253 e. The Kier molecular flexibility index (Phi) is 6.57. The molecule has 1 aromatic rings. The number of fused-ring (bicyclic) bond motifs is 5. The Morgan fingerprint density at radius 2 is 1.74 bits per heavy atom. The van der Waals surface area contributed by atoms with Crippen LogP contribution in [0.25, 0.3) is 0 Å². The van der Waals surface area contributed by atoms with Gasteiger partial charge in [-0.05, 0) is 38.6 Å². The van der Waals surface area contributed by atoms with Crippen molar-refractivity contribution in [2.75, 3.05) is 48.6 Å². The van der Waals surface area contributed by atoms with E-state index in [0.29, 0.717) is 16.9 Å². The highest BCUT2D eigenvalue weighted by atomic mass is 16.7. The predicted octanol–water partition coefficient (Wildman–Crippen LogP) is 1.67. The zero-order valence-corrected chi connectivity index (χ0v) is 23.3. The summed E-state index contributed by atoms with van der Waals surface area (Å²) in [7, 11) is 7.57. The van der Waals surface area contributed by atoms with Crippen molar-refractivity contribution in [3.05, 3.63) is 52.0 Å². The largest absolute Gasteiger partial charge is 0.511 e. The van der Waals surface area contributed by atoms with Crippen LogP contribution in [0.15, 0.2) is 40.9 Å². The van der Waals surface area contributed by atoms with Gasteiger partial charge in [-0.2, -0.15) is 0 Å². The van der Waals surface area contributed by atoms with E-state index in [2.05, 4.69) is 0 Å². The van der Waals surface area contributed by atoms with Crippen molar-refractivity contribution in [3.63, 3.8) is 0 Å². The molecule has 0 saturated carbocycles. The maximum absolute atomic E-state index is 12.9. The average molecular weight is 547 g/mol. The summed E-state index contributed by atoms with van der Waals surface area (Å²) >= 11 is 0. The number of benzene rings is 1. The summed E-state index contributed by atoms with van der Waals surface area (Å²) in [5, 5.41) is 36.4. The van der Waals surface area contributed by atoms with E-state index in [0.717, 1.165) is 5.56 Å². The van der Waals surface area contributed by atoms with Crippen molar-refractivity contribution >= 4 is 5.91 Å². The molecule has 1 saturated heterocycles. The Labute approximate surface area is 227 Å². The number of hydrogen-bond acceptors (Lipinski definition) is 10. The van der Waals surface area contributed by atoms with E-state index in [1.165, 1.54) is 14.2 Å². The highest BCUT2D eigenvalue weighted by molar-refractivity contribution is 5.95. The van der Waals surface area contributed by atoms with Crippen LogP contribution in [0.4, 0.5) is 0 Å². The lowest BCUT2D eigenvalue weighted by molar-refractivity contribution is -0.288. The molecular weight excluding hydrogens is 508 g/mol. The van der Waals surface area contributed by atoms with E-state index in [1.54, 1.807) is 39.1 Å². The van der Waals surface area contributed by atoms with Gasteiger partial charge in [-0.1, -0.05) is 19.1 Å². The van der Waals surface area contributed by atoms with Crippen LogP contribution in [0.1, 0.15) is 30.9 Å². The highest BCUT2D eigenvalue weighted by Gasteiger charge is 2.74. The molecule has 1 fully saturated rings. The number of nitrogens with two attached hydrogens (primary N) is 1. The van der Waals surface area contributed by atoms with Gasteiger partial charge in [-0.3, -0.25) is 9.69 Å². The number of methoxy groups -OCH3 is 3. The third kappa shape index (κ3) is 3.17. The van der Waals surface area contributed by atoms with Crippen molar-refractivity contribution in [1.82, 2.24) is 4.90 Å². The van der Waals surface area contributed by atoms with Crippen molar-refractivity contribution in [1.29, 1.82) is 0 Å². The van der Waals surface area contributed by atoms with Gasteiger partial charge < -0.3 is 44.7 Å². The number of aliphatic hydroxyl groups excluding tert-OH is 3. The SMILES string of the molecule is COc1cccc2c1C1(OCCO1)C1=C(O)[C@@]3(C)[C@@H]([C@@H](O)[C@@H]1[C@H]2C)[C@H](N(C)C)C(O)=C(C(N)=O)C3(OC)OC. The maximum atomic E-state index is 12.9. The van der Waals surface area contributed by atoms with Crippen molar-refractivity contribution in [2.24, 2.45) is 23.0 Å². The van der Waals surface area contributed by atoms with Crippen LogP contribution < -0.4 is 10.5 Å². The Hall–Kier alpha value is -2.67. The Morgan fingerprint density at radius 1 is 1.13 bits per heavy atom. The molecular formula is C28H38N2O9. The molecule has 39 heavy (non-hydrogen) atoms. The number of hydrogen-bond donors (Lipinski definition) is 4. The van der Waals surface area contributed by atoms with E-state index in [1.807, 2.05) is 19.1 Å². The van der Waals surface area contributed by atoms with Gasteiger partial charge in [0.25, 0.3) is 5.91 Å². The quantitative estimate of drug-likeness (QED) is 0.401. The molecule has 0 unspecified atom stereocenters. The van der Waals surface area contributed by atoms with E-state index in [-0.39, 0.29) is 36.2 Å². The number of ether oxygens (including phenoxy) is 5. The Balaban J connectivity index is 1.94. The molecule has 11 heteroatoms. The van der Waals surface area contributed by atoms with Gasteiger partial charge in [-0.25, -0.2) is 0 Å². The monoisotopic (exact) mass is 546 g/mol. The average Bonchev–Trinajstić information content (AvgIpc) is 3.38. The first-order valence-corrected chi connectivity index (χ1v) is 13.0. The molecule has 1 aromatic carbocycles. The fourth-order valence-corrected chi connectivity index (χ4v) is 7.93. The number of amides is 1. The van der Waals surface area contributed by atoms with Crippen LogP contribution in [-0.2, 0) is 29.5 Å². The molecule has 214 valence electrons. The fourth-order valence-electron chi connectivity index (χ4n) is 7.93. The highest BCUT2D eigenvalue weighted by Crippen LogP contribution is 2.67. The van der Waals surface area contributed by atoms with Crippen LogP contribution >= 0.6 is 0 Å². The van der Waals surface area contributed by atoms with Gasteiger partial charge >= 0.3 is 0 Å². The molecule has 3 aliphatic carbocycles. The van der Waals surface area contributed by atoms with Gasteiger partial charge in [0.1, 0.15) is 22.8 Å². The minimum Gasteiger partial charge on any atom is -0.511 e. The molecule has 1 spiro atoms. The smallest absolute Gasteiger partial charge is 0.253 e. The first kappa shape index (κ1) is 27.9. The molecule has 5 N–H and O–H groups in total. The van der Waals surface area contributed by atoms with Gasteiger partial charge in [0, 0.05) is 31.6 Å². The number of primary amides is 1. The van der Waals surface area contributed by atoms with Crippen molar-refractivity contribution in [3.8, 4) is 5.75 Å². The molecule has 11 nitrogen and oxygen atoms in total. The van der Waals surface area contributed by atoms with Gasteiger partial charge in [-0.15, -0.1) is 0 Å². The number of nitrogens with zero attached hydrogens (tertiary/aromatic N) is 1. The summed E-state index contributed by atoms with van der Waals surface area (Å²) in [6.07, 6.45) is -1.19. The zero-order chi connectivity index (χ0) is 28.7. The summed E-state index contributed by atoms with van der Waals surface area (Å²) in [4.78, 5) is 14.6. The van der Waals surface area contributed by atoms with Crippen LogP contribution in [-0.4, -0.2) is 92.7 Å². The molecule has 6 atom stereocenters. The second kappa shape index (κ2) is 9.18. The summed E-state index contributed by atoms with van der Waals surface area (Å²) in [5.41, 5.74) is 5.59. The standard InChI is InChI=1S/C28H38N2O9/c1-13-14-9-8-10-15(35-5)17(14)27(38-11-12-39-27)18-16(13)22(31)19-21(30(3)4)23(32)20(25(29)34)28(36-6,37-7)26(19,2)24(18)33/h8-10,13,16,19,21-22,31-33H,11-12H2,1-7H3,(H2,29,34)/t13-,16+,19+,21-,22-,26+/m0/s1. The second-order valence-corrected chi connectivity index (χ2v) is 11.1. The van der Waals surface area contributed by atoms with Gasteiger partial charge in [0.05, 0.1) is 43.4 Å². The van der Waals surface area contributed by atoms with Crippen LogP contribution in [0.2, 0.25) is 0 Å². The Bertz CT molecular complexity index is 1250. The first-order chi connectivity index (χ1) is 18.4. The summed E-state index contributed by atoms with van der Waals surface area (Å²) in [5.74, 6) is -6.66. The number of carbonyl (C=O) groups excluding carboxylic acids is 1. The molecule has 1 aliphatic heterocycles. The minimum atomic E-state index is -2.06. The lowest BCUT2D eigenvalue weighted by Crippen LogP contribution is -2.71. The summed E-state index contributed by atoms with van der Waals surface area (Å²) < 4.78 is 30.2. The van der Waals surface area contributed by atoms with Gasteiger partial charge in [0.15, 0.2) is 0 Å². The zero-order valence-electron chi connectivity index (χ0n) is 23.3. The molecule has 0 aromatic heterocycles. The van der Waals surface area contributed by atoms with E-state index < -0.39 is 46.9 Å². The number of aliphatic hydroxyl groups is 3.